The van der Waals surface area contributed by atoms with E-state index >= 15 is 0 Å². The SMILES string of the molecule is NCC1CCCCCC1S(=O)(=O)CC1CCCC1. The molecular weight excluding hydrogens is 246 g/mol. The third kappa shape index (κ3) is 3.47. The third-order valence-corrected chi connectivity index (χ3v) is 7.28. The lowest BCUT2D eigenvalue weighted by molar-refractivity contribution is 0.451. The van der Waals surface area contributed by atoms with E-state index in [1.54, 1.807) is 0 Å². The fourth-order valence-corrected chi connectivity index (χ4v) is 6.32. The van der Waals surface area contributed by atoms with Gasteiger partial charge in [0.2, 0.25) is 0 Å². The van der Waals surface area contributed by atoms with Crippen LogP contribution in [0.25, 0.3) is 0 Å². The van der Waals surface area contributed by atoms with E-state index in [9.17, 15) is 8.42 Å². The summed E-state index contributed by atoms with van der Waals surface area (Å²) in [6, 6.07) is 0. The van der Waals surface area contributed by atoms with E-state index in [-0.39, 0.29) is 11.2 Å². The van der Waals surface area contributed by atoms with Crippen molar-refractivity contribution in [3.63, 3.8) is 0 Å². The summed E-state index contributed by atoms with van der Waals surface area (Å²) in [5, 5.41) is -0.148. The fraction of sp³-hybridized carbons (Fsp3) is 1.00. The molecule has 2 aliphatic rings. The first-order valence-corrected chi connectivity index (χ1v) is 9.26. The van der Waals surface area contributed by atoms with Gasteiger partial charge in [0.25, 0.3) is 0 Å². The molecule has 0 bridgehead atoms. The molecule has 0 spiro atoms. The van der Waals surface area contributed by atoms with E-state index in [0.717, 1.165) is 38.5 Å². The predicted molar refractivity (Wildman–Crippen MR) is 75.2 cm³/mol. The van der Waals surface area contributed by atoms with Crippen LogP contribution in [-0.4, -0.2) is 26.0 Å². The van der Waals surface area contributed by atoms with Crippen LogP contribution in [0.3, 0.4) is 0 Å². The first-order valence-electron chi connectivity index (χ1n) is 7.55. The van der Waals surface area contributed by atoms with Crippen molar-refractivity contribution in [1.29, 1.82) is 0 Å². The van der Waals surface area contributed by atoms with Crippen LogP contribution in [0.2, 0.25) is 0 Å². The zero-order chi connectivity index (χ0) is 13.0. The van der Waals surface area contributed by atoms with Crippen LogP contribution in [0.1, 0.15) is 57.8 Å². The van der Waals surface area contributed by atoms with Gasteiger partial charge in [-0.15, -0.1) is 0 Å². The molecule has 0 radical (unpaired) electrons. The summed E-state index contributed by atoms with van der Waals surface area (Å²) in [6.45, 7) is 0.536. The molecule has 18 heavy (non-hydrogen) atoms. The molecule has 0 saturated heterocycles. The molecule has 4 heteroatoms. The van der Waals surface area contributed by atoms with Gasteiger partial charge in [0, 0.05) is 0 Å². The summed E-state index contributed by atoms with van der Waals surface area (Å²) < 4.78 is 25.2. The quantitative estimate of drug-likeness (QED) is 0.801. The maximum Gasteiger partial charge on any atom is 0.153 e. The Morgan fingerprint density at radius 3 is 2.17 bits per heavy atom. The van der Waals surface area contributed by atoms with E-state index in [1.165, 1.54) is 19.3 Å². The summed E-state index contributed by atoms with van der Waals surface area (Å²) in [6.07, 6.45) is 9.88. The van der Waals surface area contributed by atoms with Gasteiger partial charge < -0.3 is 5.73 Å². The number of rotatable bonds is 4. The largest absolute Gasteiger partial charge is 0.330 e. The summed E-state index contributed by atoms with van der Waals surface area (Å²) in [5.41, 5.74) is 5.80. The molecule has 0 heterocycles. The molecule has 2 atom stereocenters. The van der Waals surface area contributed by atoms with Crippen molar-refractivity contribution in [3.05, 3.63) is 0 Å². The average Bonchev–Trinajstić information content (AvgIpc) is 2.69. The number of hydrogen-bond donors (Lipinski definition) is 1. The van der Waals surface area contributed by atoms with Gasteiger partial charge in [-0.2, -0.15) is 0 Å². The Morgan fingerprint density at radius 2 is 1.50 bits per heavy atom. The Hall–Kier alpha value is -0.0900. The Labute approximate surface area is 111 Å². The molecular formula is C14H27NO2S. The van der Waals surface area contributed by atoms with Crippen molar-refractivity contribution in [2.45, 2.75) is 63.0 Å². The summed E-state index contributed by atoms with van der Waals surface area (Å²) in [5.74, 6) is 1.06. The first-order chi connectivity index (χ1) is 8.63. The highest BCUT2D eigenvalue weighted by Gasteiger charge is 2.35. The van der Waals surface area contributed by atoms with Gasteiger partial charge in [-0.25, -0.2) is 8.42 Å². The van der Waals surface area contributed by atoms with Gasteiger partial charge in [0.15, 0.2) is 9.84 Å². The van der Waals surface area contributed by atoms with Crippen molar-refractivity contribution in [2.24, 2.45) is 17.6 Å². The predicted octanol–water partition coefficient (Wildman–Crippen LogP) is 2.50. The van der Waals surface area contributed by atoms with Crippen molar-refractivity contribution in [3.8, 4) is 0 Å². The van der Waals surface area contributed by atoms with Crippen LogP contribution in [0.5, 0.6) is 0 Å². The van der Waals surface area contributed by atoms with Crippen LogP contribution < -0.4 is 5.73 Å². The van der Waals surface area contributed by atoms with Crippen LogP contribution in [-0.2, 0) is 9.84 Å². The van der Waals surface area contributed by atoms with Crippen molar-refractivity contribution in [1.82, 2.24) is 0 Å². The third-order valence-electron chi connectivity index (χ3n) is 4.80. The molecule has 2 N–H and O–H groups in total. The smallest absolute Gasteiger partial charge is 0.153 e. The highest BCUT2D eigenvalue weighted by atomic mass is 32.2. The standard InChI is InChI=1S/C14H27NO2S/c15-10-13-8-2-1-3-9-14(13)18(16,17)11-12-6-4-5-7-12/h12-14H,1-11,15H2. The Kier molecular flexibility index (Phi) is 5.07. The lowest BCUT2D eigenvalue weighted by atomic mass is 10.0. The van der Waals surface area contributed by atoms with Gasteiger partial charge >= 0.3 is 0 Å². The molecule has 0 aromatic rings. The molecule has 0 amide bonds. The Bertz CT molecular complexity index is 347. The first kappa shape index (κ1) is 14.3. The van der Waals surface area contributed by atoms with Crippen LogP contribution in [0.4, 0.5) is 0 Å². The second kappa shape index (κ2) is 6.38. The highest BCUT2D eigenvalue weighted by molar-refractivity contribution is 7.92. The van der Waals surface area contributed by atoms with Crippen molar-refractivity contribution >= 4 is 9.84 Å². The fourth-order valence-electron chi connectivity index (χ4n) is 3.72. The monoisotopic (exact) mass is 273 g/mol. The normalized spacial score (nSPS) is 31.4. The molecule has 2 aliphatic carbocycles. The maximum absolute atomic E-state index is 12.6. The van der Waals surface area contributed by atoms with Gasteiger partial charge in [0.05, 0.1) is 11.0 Å². The lowest BCUT2D eigenvalue weighted by Crippen LogP contribution is -2.36. The lowest BCUT2D eigenvalue weighted by Gasteiger charge is -2.25. The number of hydrogen-bond acceptors (Lipinski definition) is 3. The van der Waals surface area contributed by atoms with Crippen molar-refractivity contribution < 1.29 is 8.42 Å². The van der Waals surface area contributed by atoms with Crippen LogP contribution in [0.15, 0.2) is 0 Å². The minimum atomic E-state index is -2.93. The Morgan fingerprint density at radius 1 is 0.889 bits per heavy atom. The highest BCUT2D eigenvalue weighted by Crippen LogP contribution is 2.32. The van der Waals surface area contributed by atoms with E-state index in [4.69, 9.17) is 5.73 Å². The molecule has 2 rings (SSSR count). The molecule has 0 aliphatic heterocycles. The number of sulfone groups is 1. The second-order valence-corrected chi connectivity index (χ2v) is 8.42. The molecule has 2 saturated carbocycles. The summed E-state index contributed by atoms with van der Waals surface area (Å²) >= 11 is 0. The summed E-state index contributed by atoms with van der Waals surface area (Å²) in [4.78, 5) is 0. The number of nitrogens with two attached hydrogens (primary N) is 1. The van der Waals surface area contributed by atoms with Crippen molar-refractivity contribution in [2.75, 3.05) is 12.3 Å². The maximum atomic E-state index is 12.6. The molecule has 106 valence electrons. The van der Waals surface area contributed by atoms with Gasteiger partial charge in [-0.05, 0) is 44.1 Å². The molecule has 3 nitrogen and oxygen atoms in total. The van der Waals surface area contributed by atoms with Gasteiger partial charge in [0.1, 0.15) is 0 Å². The van der Waals surface area contributed by atoms with E-state index in [1.807, 2.05) is 0 Å². The van der Waals surface area contributed by atoms with Gasteiger partial charge in [-0.3, -0.25) is 0 Å². The zero-order valence-electron chi connectivity index (χ0n) is 11.3. The average molecular weight is 273 g/mol. The second-order valence-electron chi connectivity index (χ2n) is 6.15. The molecule has 2 fully saturated rings. The zero-order valence-corrected chi connectivity index (χ0v) is 12.1. The minimum Gasteiger partial charge on any atom is -0.330 e. The molecule has 0 aromatic carbocycles. The molecule has 2 unspecified atom stereocenters. The van der Waals surface area contributed by atoms with Gasteiger partial charge in [-0.1, -0.05) is 32.1 Å². The van der Waals surface area contributed by atoms with E-state index in [0.29, 0.717) is 18.2 Å². The van der Waals surface area contributed by atoms with E-state index < -0.39 is 9.84 Å². The van der Waals surface area contributed by atoms with Crippen LogP contribution in [0, 0.1) is 11.8 Å². The van der Waals surface area contributed by atoms with E-state index in [2.05, 4.69) is 0 Å². The molecule has 0 aromatic heterocycles. The topological polar surface area (TPSA) is 60.2 Å². The van der Waals surface area contributed by atoms with Crippen LogP contribution >= 0.6 is 0 Å². The minimum absolute atomic E-state index is 0.148. The summed E-state index contributed by atoms with van der Waals surface area (Å²) in [7, 11) is -2.93. The Balaban J connectivity index is 2.05.